The maximum Gasteiger partial charge on any atom is 0.310 e. The van der Waals surface area contributed by atoms with Crippen molar-refractivity contribution in [2.75, 3.05) is 59.2 Å². The molecule has 0 aromatic carbocycles. The Kier molecular flexibility index (Phi) is 9.40. The molecule has 6 atom stereocenters. The Hall–Kier alpha value is -0.880. The number of rotatable bonds is 12. The number of esters is 1. The molecule has 2 bridgehead atoms. The van der Waals surface area contributed by atoms with E-state index >= 15 is 0 Å². The van der Waals surface area contributed by atoms with Crippen molar-refractivity contribution in [3.63, 3.8) is 0 Å². The monoisotopic (exact) mass is 575 g/mol. The fraction of sp³-hybridized carbons (Fsp3) is 0.875. The smallest absolute Gasteiger partial charge is 0.310 e. The largest absolute Gasteiger partial charge is 0.466 e. The third-order valence-electron chi connectivity index (χ3n) is 7.73. The van der Waals surface area contributed by atoms with Gasteiger partial charge in [-0.2, -0.15) is 0 Å². The first kappa shape index (κ1) is 27.2. The second kappa shape index (κ2) is 12.1. The molecule has 4 aliphatic rings. The highest BCUT2D eigenvalue weighted by Gasteiger charge is 2.75. The predicted octanol–water partition coefficient (Wildman–Crippen LogP) is 1.02. The van der Waals surface area contributed by atoms with Crippen LogP contribution in [0.25, 0.3) is 0 Å². The summed E-state index contributed by atoms with van der Waals surface area (Å²) in [4.78, 5) is 44.5. The third-order valence-corrected chi connectivity index (χ3v) is 11.0. The van der Waals surface area contributed by atoms with Crippen molar-refractivity contribution in [3.8, 4) is 0 Å². The summed E-state index contributed by atoms with van der Waals surface area (Å²) in [5, 5.41) is 12.1. The van der Waals surface area contributed by atoms with E-state index in [0.717, 1.165) is 45.3 Å². The zero-order valence-corrected chi connectivity index (χ0v) is 22.9. The molecule has 4 heterocycles. The first-order valence-corrected chi connectivity index (χ1v) is 14.7. The summed E-state index contributed by atoms with van der Waals surface area (Å²) in [5.74, 6) is -1.60. The SMILES string of the molecule is CCOC(=O)[C@H]1[C@@H]2SC3(CC2Br)C(C(=O)NCCN2CCOCC2)N(CCCCCCO)C(=O)[C@H]13. The lowest BCUT2D eigenvalue weighted by atomic mass is 9.71. The molecule has 4 aliphatic heterocycles. The molecule has 11 heteroatoms. The normalized spacial score (nSPS) is 34.3. The van der Waals surface area contributed by atoms with Crippen LogP contribution in [0.2, 0.25) is 0 Å². The maximum absolute atomic E-state index is 13.8. The fourth-order valence-electron chi connectivity index (χ4n) is 6.18. The molecule has 2 N–H and O–H groups in total. The van der Waals surface area contributed by atoms with E-state index in [1.807, 2.05) is 0 Å². The number of alkyl halides is 1. The van der Waals surface area contributed by atoms with Crippen molar-refractivity contribution < 1.29 is 29.0 Å². The zero-order valence-electron chi connectivity index (χ0n) is 20.5. The predicted molar refractivity (Wildman–Crippen MR) is 136 cm³/mol. The topological polar surface area (TPSA) is 108 Å². The van der Waals surface area contributed by atoms with Crippen LogP contribution in [0.1, 0.15) is 39.0 Å². The summed E-state index contributed by atoms with van der Waals surface area (Å²) in [7, 11) is 0. The molecule has 0 radical (unpaired) electrons. The van der Waals surface area contributed by atoms with E-state index in [4.69, 9.17) is 14.6 Å². The molecule has 1 spiro atoms. The molecule has 4 fully saturated rings. The van der Waals surface area contributed by atoms with Gasteiger partial charge in [0.2, 0.25) is 11.8 Å². The van der Waals surface area contributed by atoms with Crippen LogP contribution in [0.4, 0.5) is 0 Å². The molecule has 198 valence electrons. The molecule has 0 aromatic heterocycles. The van der Waals surface area contributed by atoms with Gasteiger partial charge in [0.05, 0.1) is 36.4 Å². The quantitative estimate of drug-likeness (QED) is 0.202. The number of aliphatic hydroxyl groups is 1. The Labute approximate surface area is 220 Å². The fourth-order valence-corrected chi connectivity index (χ4v) is 9.79. The van der Waals surface area contributed by atoms with Crippen molar-refractivity contribution in [1.82, 2.24) is 15.1 Å². The van der Waals surface area contributed by atoms with Gasteiger partial charge in [-0.15, -0.1) is 11.8 Å². The third kappa shape index (κ3) is 5.39. The lowest BCUT2D eigenvalue weighted by Gasteiger charge is -2.35. The van der Waals surface area contributed by atoms with Crippen LogP contribution in [0.3, 0.4) is 0 Å². The van der Waals surface area contributed by atoms with E-state index in [-0.39, 0.29) is 41.1 Å². The molecule has 4 rings (SSSR count). The summed E-state index contributed by atoms with van der Waals surface area (Å²) in [5.41, 5.74) is 0. The highest BCUT2D eigenvalue weighted by Crippen LogP contribution is 2.67. The Morgan fingerprint density at radius 3 is 2.69 bits per heavy atom. The lowest BCUT2D eigenvalue weighted by molar-refractivity contribution is -0.153. The minimum Gasteiger partial charge on any atom is -0.466 e. The van der Waals surface area contributed by atoms with Crippen LogP contribution in [0.15, 0.2) is 0 Å². The van der Waals surface area contributed by atoms with Crippen LogP contribution >= 0.6 is 27.7 Å². The van der Waals surface area contributed by atoms with Gasteiger partial charge in [-0.1, -0.05) is 28.8 Å². The summed E-state index contributed by atoms with van der Waals surface area (Å²) >= 11 is 5.40. The number of carbonyl (C=O) groups excluding carboxylic acids is 3. The number of amides is 2. The van der Waals surface area contributed by atoms with E-state index in [1.165, 1.54) is 0 Å². The molecule has 0 aromatic rings. The van der Waals surface area contributed by atoms with E-state index in [0.29, 0.717) is 32.7 Å². The van der Waals surface area contributed by atoms with Crippen molar-refractivity contribution in [2.24, 2.45) is 11.8 Å². The molecular weight excluding hydrogens is 538 g/mol. The highest BCUT2D eigenvalue weighted by molar-refractivity contribution is 9.09. The number of hydrogen-bond acceptors (Lipinski definition) is 8. The first-order chi connectivity index (χ1) is 16.9. The number of hydrogen-bond donors (Lipinski definition) is 2. The van der Waals surface area contributed by atoms with Crippen LogP contribution in [-0.2, 0) is 23.9 Å². The minimum atomic E-state index is -0.624. The number of unbranched alkanes of at least 4 members (excludes halogenated alkanes) is 3. The summed E-state index contributed by atoms with van der Waals surface area (Å²) < 4.78 is 10.2. The standard InChI is InChI=1S/C24H38BrN3O6S/c1-2-34-23(32)17-18-22(31)28(8-5-3-4-6-12-29)20(24(18)15-16(25)19(17)35-24)21(30)26-7-9-27-10-13-33-14-11-27/h16-20,29H,2-15H2,1H3,(H,26,30)/t16?,17-,18+,19-,20?,24?/m1/s1. The van der Waals surface area contributed by atoms with Gasteiger partial charge in [-0.3, -0.25) is 19.3 Å². The number of halogens is 1. The molecule has 2 amide bonds. The van der Waals surface area contributed by atoms with Crippen molar-refractivity contribution in [2.45, 2.75) is 59.9 Å². The second-order valence-electron chi connectivity index (χ2n) is 9.83. The molecule has 9 nitrogen and oxygen atoms in total. The molecule has 4 saturated heterocycles. The zero-order chi connectivity index (χ0) is 25.0. The average Bonchev–Trinajstić information content (AvgIpc) is 3.43. The lowest BCUT2D eigenvalue weighted by Crippen LogP contribution is -2.55. The van der Waals surface area contributed by atoms with Gasteiger partial charge in [0.1, 0.15) is 6.04 Å². The van der Waals surface area contributed by atoms with E-state index in [1.54, 1.807) is 23.6 Å². The number of morpholine rings is 1. The Balaban J connectivity index is 1.51. The number of fused-ring (bicyclic) bond motifs is 1. The van der Waals surface area contributed by atoms with Gasteiger partial charge < -0.3 is 24.8 Å². The molecular formula is C24H38BrN3O6S. The van der Waals surface area contributed by atoms with Crippen LogP contribution in [0.5, 0.6) is 0 Å². The van der Waals surface area contributed by atoms with Crippen LogP contribution in [-0.4, -0.2) is 113 Å². The van der Waals surface area contributed by atoms with Gasteiger partial charge >= 0.3 is 5.97 Å². The van der Waals surface area contributed by atoms with Crippen LogP contribution < -0.4 is 5.32 Å². The molecule has 35 heavy (non-hydrogen) atoms. The Morgan fingerprint density at radius 2 is 1.97 bits per heavy atom. The first-order valence-electron chi connectivity index (χ1n) is 12.9. The highest BCUT2D eigenvalue weighted by atomic mass is 79.9. The van der Waals surface area contributed by atoms with E-state index in [9.17, 15) is 14.4 Å². The van der Waals surface area contributed by atoms with Gasteiger partial charge in [0.25, 0.3) is 0 Å². The average molecular weight is 577 g/mol. The van der Waals surface area contributed by atoms with Crippen LogP contribution in [0, 0.1) is 11.8 Å². The van der Waals surface area contributed by atoms with Crippen molar-refractivity contribution in [3.05, 3.63) is 0 Å². The number of likely N-dealkylation sites (tertiary alicyclic amines) is 1. The van der Waals surface area contributed by atoms with Gasteiger partial charge in [0.15, 0.2) is 0 Å². The van der Waals surface area contributed by atoms with Crippen molar-refractivity contribution in [1.29, 1.82) is 0 Å². The van der Waals surface area contributed by atoms with Crippen molar-refractivity contribution >= 4 is 45.5 Å². The number of nitrogens with one attached hydrogen (secondary N) is 1. The summed E-state index contributed by atoms with van der Waals surface area (Å²) in [6, 6.07) is -0.600. The van der Waals surface area contributed by atoms with Gasteiger partial charge in [-0.25, -0.2) is 0 Å². The number of ether oxygens (including phenoxy) is 2. The number of aliphatic hydroxyl groups excluding tert-OH is 1. The number of thioether (sulfide) groups is 1. The van der Waals surface area contributed by atoms with E-state index < -0.39 is 22.6 Å². The molecule has 0 saturated carbocycles. The Bertz CT molecular complexity index is 784. The second-order valence-corrected chi connectivity index (χ2v) is 12.5. The minimum absolute atomic E-state index is 0.0547. The summed E-state index contributed by atoms with van der Waals surface area (Å²) in [6.07, 6.45) is 3.94. The maximum atomic E-state index is 13.8. The number of nitrogens with zero attached hydrogens (tertiary/aromatic N) is 2. The van der Waals surface area contributed by atoms with E-state index in [2.05, 4.69) is 26.1 Å². The Morgan fingerprint density at radius 1 is 1.23 bits per heavy atom. The number of carbonyl (C=O) groups is 3. The molecule has 0 aliphatic carbocycles. The van der Waals surface area contributed by atoms with Gasteiger partial charge in [-0.05, 0) is 26.2 Å². The summed E-state index contributed by atoms with van der Waals surface area (Å²) in [6.45, 7) is 7.08. The molecule has 3 unspecified atom stereocenters. The van der Waals surface area contributed by atoms with Gasteiger partial charge in [0, 0.05) is 49.4 Å².